The smallest absolute Gasteiger partial charge is 0.309 e. The summed E-state index contributed by atoms with van der Waals surface area (Å²) in [6.45, 7) is 2.76. The van der Waals surface area contributed by atoms with Crippen molar-refractivity contribution in [2.75, 3.05) is 13.2 Å². The molecule has 3 rings (SSSR count). The summed E-state index contributed by atoms with van der Waals surface area (Å²) in [7, 11) is 0. The van der Waals surface area contributed by atoms with Gasteiger partial charge in [-0.25, -0.2) is 0 Å². The summed E-state index contributed by atoms with van der Waals surface area (Å²) >= 11 is 5.91. The van der Waals surface area contributed by atoms with Crippen LogP contribution in [0.5, 0.6) is 0 Å². The van der Waals surface area contributed by atoms with Crippen molar-refractivity contribution in [3.05, 3.63) is 47.0 Å². The van der Waals surface area contributed by atoms with E-state index in [2.05, 4.69) is 0 Å². The molecule has 0 bridgehead atoms. The first kappa shape index (κ1) is 22.5. The monoisotopic (exact) mass is 431 g/mol. The number of carbonyl (C=O) groups is 3. The van der Waals surface area contributed by atoms with E-state index in [1.54, 1.807) is 0 Å². The minimum absolute atomic E-state index is 0.00617. The molecule has 6 heteroatoms. The molecule has 2 aliphatic rings. The quantitative estimate of drug-likeness (QED) is 0.513. The van der Waals surface area contributed by atoms with Crippen LogP contribution >= 0.6 is 11.6 Å². The summed E-state index contributed by atoms with van der Waals surface area (Å²) in [5.41, 5.74) is 1.06. The molecule has 0 aromatic heterocycles. The number of cyclic esters (lactones) is 1. The lowest BCUT2D eigenvalue weighted by molar-refractivity contribution is -0.152. The Balaban J connectivity index is 1.65. The van der Waals surface area contributed by atoms with E-state index in [1.165, 1.54) is 0 Å². The number of hydrogen-bond acceptors (Lipinski definition) is 4. The van der Waals surface area contributed by atoms with E-state index in [-0.39, 0.29) is 48.6 Å². The Hall–Kier alpha value is -2.14. The Morgan fingerprint density at radius 2 is 1.90 bits per heavy atom. The number of esters is 1. The van der Waals surface area contributed by atoms with Crippen LogP contribution in [0.2, 0.25) is 5.02 Å². The second kappa shape index (κ2) is 10.8. The molecule has 1 aromatic carbocycles. The van der Waals surface area contributed by atoms with Gasteiger partial charge in [0.05, 0.1) is 12.0 Å². The third kappa shape index (κ3) is 6.18. The zero-order valence-corrected chi connectivity index (χ0v) is 18.3. The van der Waals surface area contributed by atoms with Crippen molar-refractivity contribution in [2.24, 2.45) is 11.8 Å². The predicted molar refractivity (Wildman–Crippen MR) is 116 cm³/mol. The van der Waals surface area contributed by atoms with E-state index in [9.17, 15) is 14.4 Å². The van der Waals surface area contributed by atoms with Gasteiger partial charge in [0.25, 0.3) is 0 Å². The van der Waals surface area contributed by atoms with E-state index in [0.29, 0.717) is 37.3 Å². The highest BCUT2D eigenvalue weighted by atomic mass is 35.5. The van der Waals surface area contributed by atoms with Crippen molar-refractivity contribution in [1.82, 2.24) is 4.90 Å². The molecule has 0 N–H and O–H groups in total. The third-order valence-electron chi connectivity index (χ3n) is 5.99. The minimum Gasteiger partial charge on any atom is -0.463 e. The molecule has 1 saturated heterocycles. The maximum absolute atomic E-state index is 13.2. The predicted octanol–water partition coefficient (Wildman–Crippen LogP) is 4.37. The molecule has 0 unspecified atom stereocenters. The maximum atomic E-state index is 13.2. The summed E-state index contributed by atoms with van der Waals surface area (Å²) in [4.78, 5) is 39.8. The van der Waals surface area contributed by atoms with Crippen molar-refractivity contribution >= 4 is 29.3 Å². The van der Waals surface area contributed by atoms with Crippen LogP contribution in [0.4, 0.5) is 0 Å². The lowest BCUT2D eigenvalue weighted by Crippen LogP contribution is -2.43. The zero-order chi connectivity index (χ0) is 21.5. The van der Waals surface area contributed by atoms with Gasteiger partial charge in [0.2, 0.25) is 5.91 Å². The Morgan fingerprint density at radius 1 is 1.17 bits per heavy atom. The standard InChI is InChI=1S/C24H30ClNO4/c1-17-5-2-3-6-19(15-22(27)13-10-18-8-11-20(25)12-9-18)23(28)26-14-4-7-21(26)16-30-24(17)29/h2-3,8-9,11-12,17,19,21H,4-7,10,13-16H2,1H3/b3-2+/t17-,19+,21+/m1/s1. The van der Waals surface area contributed by atoms with Gasteiger partial charge in [0.1, 0.15) is 12.4 Å². The number of ketones is 1. The minimum atomic E-state index is -0.356. The number of rotatable bonds is 5. The van der Waals surface area contributed by atoms with Gasteiger partial charge in [-0.2, -0.15) is 0 Å². The molecule has 0 aliphatic carbocycles. The van der Waals surface area contributed by atoms with Gasteiger partial charge in [-0.1, -0.05) is 42.8 Å². The van der Waals surface area contributed by atoms with Crippen LogP contribution in [0.1, 0.15) is 51.0 Å². The third-order valence-corrected chi connectivity index (χ3v) is 6.24. The molecule has 0 saturated carbocycles. The molecule has 3 atom stereocenters. The number of benzene rings is 1. The Bertz CT molecular complexity index is 789. The topological polar surface area (TPSA) is 63.7 Å². The fourth-order valence-corrected chi connectivity index (χ4v) is 4.22. The molecule has 0 radical (unpaired) electrons. The molecule has 162 valence electrons. The Labute approximate surface area is 183 Å². The first-order valence-electron chi connectivity index (χ1n) is 10.8. The fourth-order valence-electron chi connectivity index (χ4n) is 4.09. The van der Waals surface area contributed by atoms with Crippen LogP contribution in [0, 0.1) is 11.8 Å². The van der Waals surface area contributed by atoms with E-state index in [0.717, 1.165) is 18.4 Å². The fraction of sp³-hybridized carbons (Fsp3) is 0.542. The average molecular weight is 432 g/mol. The molecule has 2 heterocycles. The first-order valence-corrected chi connectivity index (χ1v) is 11.2. The molecule has 1 fully saturated rings. The lowest BCUT2D eigenvalue weighted by atomic mass is 9.93. The van der Waals surface area contributed by atoms with Gasteiger partial charge in [0, 0.05) is 30.3 Å². The summed E-state index contributed by atoms with van der Waals surface area (Å²) in [6, 6.07) is 7.42. The Kier molecular flexibility index (Phi) is 8.08. The number of hydrogen-bond donors (Lipinski definition) is 0. The van der Waals surface area contributed by atoms with Crippen LogP contribution in [-0.4, -0.2) is 41.8 Å². The van der Waals surface area contributed by atoms with Crippen molar-refractivity contribution in [3.63, 3.8) is 0 Å². The highest BCUT2D eigenvalue weighted by Gasteiger charge is 2.34. The largest absolute Gasteiger partial charge is 0.463 e. The SMILES string of the molecule is C[C@@H]1C/C=C/C[C@@H](CC(=O)CCc2ccc(Cl)cc2)C(=O)N2CCC[C@H]2COC1=O. The molecule has 1 amide bonds. The van der Waals surface area contributed by atoms with Gasteiger partial charge in [-0.05, 0) is 49.8 Å². The number of Topliss-reactive ketones (excluding diaryl/α,β-unsaturated/α-hetero) is 1. The maximum Gasteiger partial charge on any atom is 0.309 e. The van der Waals surface area contributed by atoms with Crippen molar-refractivity contribution < 1.29 is 19.1 Å². The van der Waals surface area contributed by atoms with Gasteiger partial charge in [-0.15, -0.1) is 0 Å². The first-order chi connectivity index (χ1) is 14.4. The Morgan fingerprint density at radius 3 is 2.67 bits per heavy atom. The molecule has 2 aliphatic heterocycles. The van der Waals surface area contributed by atoms with Crippen LogP contribution in [0.25, 0.3) is 0 Å². The van der Waals surface area contributed by atoms with Gasteiger partial charge < -0.3 is 9.64 Å². The van der Waals surface area contributed by atoms with Crippen LogP contribution < -0.4 is 0 Å². The summed E-state index contributed by atoms with van der Waals surface area (Å²) in [5, 5.41) is 0.677. The summed E-state index contributed by atoms with van der Waals surface area (Å²) < 4.78 is 5.46. The van der Waals surface area contributed by atoms with E-state index in [4.69, 9.17) is 16.3 Å². The number of carbonyl (C=O) groups excluding carboxylic acids is 3. The van der Waals surface area contributed by atoms with Crippen molar-refractivity contribution in [3.8, 4) is 0 Å². The zero-order valence-electron chi connectivity index (χ0n) is 17.5. The normalized spacial score (nSPS) is 26.3. The number of halogens is 1. The van der Waals surface area contributed by atoms with E-state index in [1.807, 2.05) is 48.2 Å². The van der Waals surface area contributed by atoms with E-state index >= 15 is 0 Å². The molecule has 1 aromatic rings. The van der Waals surface area contributed by atoms with Crippen molar-refractivity contribution in [2.45, 2.75) is 57.9 Å². The number of fused-ring (bicyclic) bond motifs is 1. The van der Waals surface area contributed by atoms with Crippen molar-refractivity contribution in [1.29, 1.82) is 0 Å². The molecular weight excluding hydrogens is 402 g/mol. The molecule has 5 nitrogen and oxygen atoms in total. The van der Waals surface area contributed by atoms with Crippen LogP contribution in [0.15, 0.2) is 36.4 Å². The average Bonchev–Trinajstić information content (AvgIpc) is 3.21. The number of aryl methyl sites for hydroxylation is 1. The highest BCUT2D eigenvalue weighted by Crippen LogP contribution is 2.25. The van der Waals surface area contributed by atoms with Gasteiger partial charge in [-0.3, -0.25) is 14.4 Å². The number of amides is 1. The number of nitrogens with zero attached hydrogens (tertiary/aromatic N) is 1. The van der Waals surface area contributed by atoms with Gasteiger partial charge in [0.15, 0.2) is 0 Å². The van der Waals surface area contributed by atoms with Crippen LogP contribution in [0.3, 0.4) is 0 Å². The molecular formula is C24H30ClNO4. The second-order valence-electron chi connectivity index (χ2n) is 8.37. The highest BCUT2D eigenvalue weighted by molar-refractivity contribution is 6.30. The van der Waals surface area contributed by atoms with E-state index < -0.39 is 0 Å². The second-order valence-corrected chi connectivity index (χ2v) is 8.80. The summed E-state index contributed by atoms with van der Waals surface area (Å²) in [5.74, 6) is -0.671. The summed E-state index contributed by atoms with van der Waals surface area (Å²) in [6.07, 6.45) is 8.00. The number of allylic oxidation sites excluding steroid dienone is 2. The lowest BCUT2D eigenvalue weighted by Gasteiger charge is -2.29. The van der Waals surface area contributed by atoms with Crippen LogP contribution in [-0.2, 0) is 25.5 Å². The number of ether oxygens (including phenoxy) is 1. The van der Waals surface area contributed by atoms with Gasteiger partial charge >= 0.3 is 5.97 Å². The molecule has 30 heavy (non-hydrogen) atoms. The molecule has 0 spiro atoms.